The molecule has 0 saturated carbocycles. The number of rotatable bonds is 4. The molecule has 2 nitrogen and oxygen atoms in total. The van der Waals surface area contributed by atoms with Crippen LogP contribution in [0.15, 0.2) is 16.5 Å². The van der Waals surface area contributed by atoms with Crippen molar-refractivity contribution >= 4 is 11.0 Å². The Morgan fingerprint density at radius 1 is 1.15 bits per heavy atom. The standard InChI is InChI=1S/C18H25NO/c1-4-15-16-9-13-7-5-6-8-14(13)10-17(16)20-18(15)11-19-12(2)3/h9-10,12,19H,4-8,11H2,1-3H3. The first-order chi connectivity index (χ1) is 9.69. The van der Waals surface area contributed by atoms with Crippen molar-refractivity contribution in [3.63, 3.8) is 0 Å². The zero-order chi connectivity index (χ0) is 14.1. The third kappa shape index (κ3) is 2.49. The van der Waals surface area contributed by atoms with Gasteiger partial charge in [0.15, 0.2) is 0 Å². The summed E-state index contributed by atoms with van der Waals surface area (Å²) in [7, 11) is 0. The van der Waals surface area contributed by atoms with Crippen LogP contribution >= 0.6 is 0 Å². The first-order valence-electron chi connectivity index (χ1n) is 7.98. The largest absolute Gasteiger partial charge is 0.459 e. The molecule has 1 aromatic carbocycles. The molecule has 1 N–H and O–H groups in total. The van der Waals surface area contributed by atoms with E-state index >= 15 is 0 Å². The Labute approximate surface area is 121 Å². The van der Waals surface area contributed by atoms with E-state index in [-0.39, 0.29) is 0 Å². The Morgan fingerprint density at radius 2 is 1.85 bits per heavy atom. The van der Waals surface area contributed by atoms with Gasteiger partial charge in [-0.3, -0.25) is 0 Å². The molecule has 20 heavy (non-hydrogen) atoms. The fourth-order valence-corrected chi connectivity index (χ4v) is 3.26. The van der Waals surface area contributed by atoms with E-state index in [0.29, 0.717) is 6.04 Å². The average Bonchev–Trinajstić information content (AvgIpc) is 2.79. The van der Waals surface area contributed by atoms with Gasteiger partial charge in [-0.25, -0.2) is 0 Å². The maximum Gasteiger partial charge on any atom is 0.134 e. The number of hydrogen-bond donors (Lipinski definition) is 1. The van der Waals surface area contributed by atoms with Crippen LogP contribution in [0.25, 0.3) is 11.0 Å². The maximum atomic E-state index is 6.14. The predicted octanol–water partition coefficient (Wildman–Crippen LogP) is 4.37. The van der Waals surface area contributed by atoms with Crippen LogP contribution in [0, 0.1) is 0 Å². The summed E-state index contributed by atoms with van der Waals surface area (Å²) < 4.78 is 6.14. The average molecular weight is 271 g/mol. The number of hydrogen-bond acceptors (Lipinski definition) is 2. The van der Waals surface area contributed by atoms with Crippen molar-refractivity contribution in [3.8, 4) is 0 Å². The van der Waals surface area contributed by atoms with Crippen LogP contribution in [-0.2, 0) is 25.8 Å². The number of benzene rings is 1. The highest BCUT2D eigenvalue weighted by atomic mass is 16.3. The molecule has 0 spiro atoms. The first-order valence-corrected chi connectivity index (χ1v) is 7.98. The van der Waals surface area contributed by atoms with E-state index in [1.807, 2.05) is 0 Å². The molecule has 2 heteroatoms. The minimum atomic E-state index is 0.487. The van der Waals surface area contributed by atoms with Crippen LogP contribution in [0.4, 0.5) is 0 Å². The molecule has 1 aliphatic rings. The first kappa shape index (κ1) is 13.7. The fourth-order valence-electron chi connectivity index (χ4n) is 3.26. The molecule has 0 bridgehead atoms. The molecular formula is C18H25NO. The van der Waals surface area contributed by atoms with Gasteiger partial charge in [-0.1, -0.05) is 20.8 Å². The summed E-state index contributed by atoms with van der Waals surface area (Å²) in [4.78, 5) is 0. The zero-order valence-corrected chi connectivity index (χ0v) is 12.9. The monoisotopic (exact) mass is 271 g/mol. The Bertz CT molecular complexity index is 609. The summed E-state index contributed by atoms with van der Waals surface area (Å²) in [6, 6.07) is 5.17. The van der Waals surface area contributed by atoms with E-state index < -0.39 is 0 Å². The lowest BCUT2D eigenvalue weighted by atomic mass is 9.90. The van der Waals surface area contributed by atoms with Crippen molar-refractivity contribution in [2.45, 2.75) is 65.5 Å². The van der Waals surface area contributed by atoms with Gasteiger partial charge in [-0.15, -0.1) is 0 Å². The van der Waals surface area contributed by atoms with Crippen LogP contribution in [0.3, 0.4) is 0 Å². The second kappa shape index (κ2) is 5.61. The van der Waals surface area contributed by atoms with Crippen molar-refractivity contribution in [1.29, 1.82) is 0 Å². The fraction of sp³-hybridized carbons (Fsp3) is 0.556. The third-order valence-corrected chi connectivity index (χ3v) is 4.36. The van der Waals surface area contributed by atoms with Crippen LogP contribution in [0.1, 0.15) is 56.1 Å². The maximum absolute atomic E-state index is 6.14. The highest BCUT2D eigenvalue weighted by Crippen LogP contribution is 2.32. The Kier molecular flexibility index (Phi) is 3.84. The van der Waals surface area contributed by atoms with Crippen molar-refractivity contribution in [2.24, 2.45) is 0 Å². The molecule has 1 aromatic heterocycles. The van der Waals surface area contributed by atoms with Gasteiger partial charge >= 0.3 is 0 Å². The second-order valence-corrected chi connectivity index (χ2v) is 6.22. The molecule has 0 fully saturated rings. The lowest BCUT2D eigenvalue weighted by molar-refractivity contribution is 0.483. The van der Waals surface area contributed by atoms with E-state index in [1.54, 1.807) is 5.56 Å². The SMILES string of the molecule is CCc1c(CNC(C)C)oc2cc3c(cc12)CCCC3. The molecule has 2 aromatic rings. The van der Waals surface area contributed by atoms with Gasteiger partial charge in [-0.05, 0) is 55.4 Å². The number of fused-ring (bicyclic) bond motifs is 2. The van der Waals surface area contributed by atoms with Crippen molar-refractivity contribution in [1.82, 2.24) is 5.32 Å². The van der Waals surface area contributed by atoms with Crippen LogP contribution in [-0.4, -0.2) is 6.04 Å². The van der Waals surface area contributed by atoms with Crippen LogP contribution in [0.2, 0.25) is 0 Å². The molecule has 3 rings (SSSR count). The zero-order valence-electron chi connectivity index (χ0n) is 12.9. The summed E-state index contributed by atoms with van der Waals surface area (Å²) in [6.07, 6.45) is 6.15. The molecule has 1 aliphatic carbocycles. The minimum absolute atomic E-state index is 0.487. The molecule has 0 radical (unpaired) electrons. The van der Waals surface area contributed by atoms with Crippen molar-refractivity contribution < 1.29 is 4.42 Å². The van der Waals surface area contributed by atoms with Gasteiger partial charge in [0, 0.05) is 17.0 Å². The third-order valence-electron chi connectivity index (χ3n) is 4.36. The molecule has 108 valence electrons. The molecule has 0 aliphatic heterocycles. The molecular weight excluding hydrogens is 246 g/mol. The predicted molar refractivity (Wildman–Crippen MR) is 84.2 cm³/mol. The Balaban J connectivity index is 2.03. The highest BCUT2D eigenvalue weighted by molar-refractivity contribution is 5.84. The van der Waals surface area contributed by atoms with E-state index in [9.17, 15) is 0 Å². The van der Waals surface area contributed by atoms with Crippen LogP contribution in [0.5, 0.6) is 0 Å². The molecule has 0 unspecified atom stereocenters. The smallest absolute Gasteiger partial charge is 0.134 e. The minimum Gasteiger partial charge on any atom is -0.459 e. The van der Waals surface area contributed by atoms with Gasteiger partial charge in [0.1, 0.15) is 11.3 Å². The molecule has 0 amide bonds. The summed E-state index contributed by atoms with van der Waals surface area (Å²) >= 11 is 0. The number of furan rings is 1. The van der Waals surface area contributed by atoms with E-state index in [1.165, 1.54) is 42.2 Å². The molecule has 0 saturated heterocycles. The van der Waals surface area contributed by atoms with E-state index in [0.717, 1.165) is 24.3 Å². The highest BCUT2D eigenvalue weighted by Gasteiger charge is 2.17. The number of aryl methyl sites for hydroxylation is 3. The van der Waals surface area contributed by atoms with Gasteiger partial charge in [0.25, 0.3) is 0 Å². The quantitative estimate of drug-likeness (QED) is 0.893. The molecule has 1 heterocycles. The van der Waals surface area contributed by atoms with E-state index in [4.69, 9.17) is 4.42 Å². The van der Waals surface area contributed by atoms with Gasteiger partial charge in [0.05, 0.1) is 6.54 Å². The van der Waals surface area contributed by atoms with Gasteiger partial charge in [0.2, 0.25) is 0 Å². The van der Waals surface area contributed by atoms with Crippen molar-refractivity contribution in [2.75, 3.05) is 0 Å². The topological polar surface area (TPSA) is 25.2 Å². The lowest BCUT2D eigenvalue weighted by Crippen LogP contribution is -2.22. The summed E-state index contributed by atoms with van der Waals surface area (Å²) in [5.41, 5.74) is 5.52. The van der Waals surface area contributed by atoms with Crippen LogP contribution < -0.4 is 5.32 Å². The summed E-state index contributed by atoms with van der Waals surface area (Å²) in [5.74, 6) is 1.12. The molecule has 0 atom stereocenters. The van der Waals surface area contributed by atoms with E-state index in [2.05, 4.69) is 38.2 Å². The second-order valence-electron chi connectivity index (χ2n) is 6.22. The Hall–Kier alpha value is -1.28. The summed E-state index contributed by atoms with van der Waals surface area (Å²) in [6.45, 7) is 7.41. The Morgan fingerprint density at radius 3 is 2.50 bits per heavy atom. The summed E-state index contributed by atoms with van der Waals surface area (Å²) in [5, 5.41) is 4.81. The van der Waals surface area contributed by atoms with Crippen molar-refractivity contribution in [3.05, 3.63) is 34.6 Å². The normalized spacial score (nSPS) is 15.0. The van der Waals surface area contributed by atoms with Gasteiger partial charge in [-0.2, -0.15) is 0 Å². The number of nitrogens with one attached hydrogen (secondary N) is 1. The van der Waals surface area contributed by atoms with Gasteiger partial charge < -0.3 is 9.73 Å². The lowest BCUT2D eigenvalue weighted by Gasteiger charge is -2.15.